The molecule has 2 aromatic rings. The van der Waals surface area contributed by atoms with Crippen LogP contribution in [0.15, 0.2) is 48.5 Å². The second kappa shape index (κ2) is 7.00. The van der Waals surface area contributed by atoms with E-state index in [1.165, 1.54) is 12.1 Å². The SMILES string of the molecule is C#Cc1cccc(NC(=S)NCC2(c3cccc(C(F)(F)F)c3)CC2)c1. The summed E-state index contributed by atoms with van der Waals surface area (Å²) in [7, 11) is 0. The van der Waals surface area contributed by atoms with E-state index in [0.717, 1.165) is 30.2 Å². The normalized spacial score (nSPS) is 15.0. The lowest BCUT2D eigenvalue weighted by atomic mass is 9.94. The maximum atomic E-state index is 12.9. The third-order valence-electron chi connectivity index (χ3n) is 4.53. The summed E-state index contributed by atoms with van der Waals surface area (Å²) >= 11 is 5.29. The average molecular weight is 374 g/mol. The van der Waals surface area contributed by atoms with Crippen molar-refractivity contribution in [3.8, 4) is 12.3 Å². The van der Waals surface area contributed by atoms with Crippen LogP contribution in [0.2, 0.25) is 0 Å². The molecule has 0 heterocycles. The number of anilines is 1. The van der Waals surface area contributed by atoms with Crippen molar-refractivity contribution in [3.63, 3.8) is 0 Å². The fourth-order valence-electron chi connectivity index (χ4n) is 2.86. The van der Waals surface area contributed by atoms with Crippen molar-refractivity contribution in [2.45, 2.75) is 24.4 Å². The summed E-state index contributed by atoms with van der Waals surface area (Å²) in [5, 5.41) is 6.58. The summed E-state index contributed by atoms with van der Waals surface area (Å²) in [5.74, 6) is 2.55. The van der Waals surface area contributed by atoms with Crippen LogP contribution in [0.4, 0.5) is 18.9 Å². The molecule has 0 aliphatic heterocycles. The van der Waals surface area contributed by atoms with Crippen molar-refractivity contribution < 1.29 is 13.2 Å². The summed E-state index contributed by atoms with van der Waals surface area (Å²) < 4.78 is 38.8. The fraction of sp³-hybridized carbons (Fsp3) is 0.250. The highest BCUT2D eigenvalue weighted by Crippen LogP contribution is 2.48. The minimum absolute atomic E-state index is 0.298. The second-order valence-corrected chi connectivity index (χ2v) is 6.80. The highest BCUT2D eigenvalue weighted by Gasteiger charge is 2.45. The molecule has 0 bridgehead atoms. The number of hydrogen-bond donors (Lipinski definition) is 2. The van der Waals surface area contributed by atoms with Gasteiger partial charge in [0.15, 0.2) is 5.11 Å². The van der Waals surface area contributed by atoms with E-state index < -0.39 is 11.7 Å². The fourth-order valence-corrected chi connectivity index (χ4v) is 3.05. The first kappa shape index (κ1) is 18.3. The predicted octanol–water partition coefficient (Wildman–Crippen LogP) is 4.70. The maximum Gasteiger partial charge on any atom is 0.416 e. The van der Waals surface area contributed by atoms with Gasteiger partial charge >= 0.3 is 6.18 Å². The highest BCUT2D eigenvalue weighted by molar-refractivity contribution is 7.80. The second-order valence-electron chi connectivity index (χ2n) is 6.39. The van der Waals surface area contributed by atoms with Gasteiger partial charge in [0.1, 0.15) is 0 Å². The molecule has 2 nitrogen and oxygen atoms in total. The number of thiocarbonyl (C=S) groups is 1. The Morgan fingerprint density at radius 3 is 2.54 bits per heavy atom. The lowest BCUT2D eigenvalue weighted by Gasteiger charge is -2.20. The van der Waals surface area contributed by atoms with Crippen LogP contribution < -0.4 is 10.6 Å². The van der Waals surface area contributed by atoms with Gasteiger partial charge in [-0.2, -0.15) is 13.2 Å². The third kappa shape index (κ3) is 4.17. The summed E-state index contributed by atoms with van der Waals surface area (Å²) in [5.41, 5.74) is 1.28. The number of halogens is 3. The number of nitrogens with one attached hydrogen (secondary N) is 2. The molecule has 0 spiro atoms. The molecular formula is C20H17F3N2S. The van der Waals surface area contributed by atoms with Gasteiger partial charge in [0.2, 0.25) is 0 Å². The first-order valence-corrected chi connectivity index (χ1v) is 8.52. The van der Waals surface area contributed by atoms with E-state index in [0.29, 0.717) is 17.2 Å². The first-order chi connectivity index (χ1) is 12.3. The number of terminal acetylenes is 1. The van der Waals surface area contributed by atoms with Crippen LogP contribution in [0.5, 0.6) is 0 Å². The quantitative estimate of drug-likeness (QED) is 0.599. The Labute approximate surface area is 155 Å². The topological polar surface area (TPSA) is 24.1 Å². The molecule has 1 aliphatic rings. The number of benzene rings is 2. The molecule has 0 aromatic heterocycles. The van der Waals surface area contributed by atoms with Crippen LogP contribution in [0.25, 0.3) is 0 Å². The zero-order valence-electron chi connectivity index (χ0n) is 13.9. The summed E-state index contributed by atoms with van der Waals surface area (Å²) in [6.07, 6.45) is 2.70. The lowest BCUT2D eigenvalue weighted by Crippen LogP contribution is -2.35. The number of rotatable bonds is 4. The van der Waals surface area contributed by atoms with E-state index >= 15 is 0 Å². The molecule has 2 aromatic carbocycles. The Hall–Kier alpha value is -2.52. The molecule has 0 unspecified atom stereocenters. The van der Waals surface area contributed by atoms with E-state index in [1.54, 1.807) is 12.1 Å². The van der Waals surface area contributed by atoms with Gasteiger partial charge in [-0.1, -0.05) is 30.2 Å². The molecule has 0 atom stereocenters. The number of hydrogen-bond acceptors (Lipinski definition) is 1. The van der Waals surface area contributed by atoms with Gasteiger partial charge in [-0.05, 0) is 54.9 Å². The molecule has 0 saturated heterocycles. The summed E-state index contributed by atoms with van der Waals surface area (Å²) in [6, 6.07) is 12.8. The monoisotopic (exact) mass is 374 g/mol. The molecule has 6 heteroatoms. The van der Waals surface area contributed by atoms with E-state index in [4.69, 9.17) is 18.6 Å². The zero-order valence-corrected chi connectivity index (χ0v) is 14.7. The molecular weight excluding hydrogens is 357 g/mol. The Kier molecular flexibility index (Phi) is 4.92. The molecule has 2 N–H and O–H groups in total. The van der Waals surface area contributed by atoms with Crippen LogP contribution in [-0.2, 0) is 11.6 Å². The molecule has 0 radical (unpaired) electrons. The molecule has 3 rings (SSSR count). The average Bonchev–Trinajstić information content (AvgIpc) is 3.41. The Balaban J connectivity index is 1.64. The van der Waals surface area contributed by atoms with Gasteiger partial charge in [0, 0.05) is 23.2 Å². The Morgan fingerprint density at radius 2 is 1.88 bits per heavy atom. The molecule has 26 heavy (non-hydrogen) atoms. The van der Waals surface area contributed by atoms with Crippen LogP contribution >= 0.6 is 12.2 Å². The third-order valence-corrected chi connectivity index (χ3v) is 4.78. The molecule has 134 valence electrons. The van der Waals surface area contributed by atoms with Crippen LogP contribution in [0.3, 0.4) is 0 Å². The maximum absolute atomic E-state index is 12.9. The first-order valence-electron chi connectivity index (χ1n) is 8.12. The van der Waals surface area contributed by atoms with Crippen LogP contribution in [0, 0.1) is 12.3 Å². The van der Waals surface area contributed by atoms with Crippen molar-refractivity contribution in [2.24, 2.45) is 0 Å². The van der Waals surface area contributed by atoms with Crippen LogP contribution in [0.1, 0.15) is 29.5 Å². The predicted molar refractivity (Wildman–Crippen MR) is 101 cm³/mol. The van der Waals surface area contributed by atoms with Crippen molar-refractivity contribution in [2.75, 3.05) is 11.9 Å². The van der Waals surface area contributed by atoms with Gasteiger partial charge in [-0.25, -0.2) is 0 Å². The molecule has 0 amide bonds. The molecule has 1 saturated carbocycles. The summed E-state index contributed by atoms with van der Waals surface area (Å²) in [4.78, 5) is 0. The largest absolute Gasteiger partial charge is 0.416 e. The number of alkyl halides is 3. The van der Waals surface area contributed by atoms with Gasteiger partial charge in [-0.15, -0.1) is 6.42 Å². The standard InChI is InChI=1S/C20H17F3N2S/c1-2-14-5-3-8-17(11-14)25-18(26)24-13-19(9-10-19)15-6-4-7-16(12-15)20(21,22)23/h1,3-8,11-12H,9-10,13H2,(H2,24,25,26). The minimum atomic E-state index is -4.33. The zero-order chi connectivity index (χ0) is 18.8. The molecule has 1 fully saturated rings. The van der Waals surface area contributed by atoms with Gasteiger partial charge in [0.25, 0.3) is 0 Å². The van der Waals surface area contributed by atoms with Crippen LogP contribution in [-0.4, -0.2) is 11.7 Å². The van der Waals surface area contributed by atoms with E-state index in [1.807, 2.05) is 18.2 Å². The Morgan fingerprint density at radius 1 is 1.15 bits per heavy atom. The van der Waals surface area contributed by atoms with E-state index in [-0.39, 0.29) is 5.41 Å². The minimum Gasteiger partial charge on any atom is -0.362 e. The molecule has 1 aliphatic carbocycles. The Bertz CT molecular complexity index is 864. The van der Waals surface area contributed by atoms with Gasteiger partial charge in [0.05, 0.1) is 5.56 Å². The van der Waals surface area contributed by atoms with Gasteiger partial charge in [-0.3, -0.25) is 0 Å². The highest BCUT2D eigenvalue weighted by atomic mass is 32.1. The van der Waals surface area contributed by atoms with Crippen molar-refractivity contribution >= 4 is 23.0 Å². The van der Waals surface area contributed by atoms with Crippen molar-refractivity contribution in [1.82, 2.24) is 5.32 Å². The van der Waals surface area contributed by atoms with E-state index in [2.05, 4.69) is 16.6 Å². The van der Waals surface area contributed by atoms with E-state index in [9.17, 15) is 13.2 Å². The van der Waals surface area contributed by atoms with Gasteiger partial charge < -0.3 is 10.6 Å². The van der Waals surface area contributed by atoms with Crippen molar-refractivity contribution in [1.29, 1.82) is 0 Å². The lowest BCUT2D eigenvalue weighted by molar-refractivity contribution is -0.137. The van der Waals surface area contributed by atoms with Crippen molar-refractivity contribution in [3.05, 3.63) is 65.2 Å². The summed E-state index contributed by atoms with van der Waals surface area (Å²) in [6.45, 7) is 0.481. The smallest absolute Gasteiger partial charge is 0.362 e.